The lowest BCUT2D eigenvalue weighted by Gasteiger charge is -2.21. The molecule has 128 valence electrons. The van der Waals surface area contributed by atoms with Gasteiger partial charge in [0.15, 0.2) is 0 Å². The van der Waals surface area contributed by atoms with Gasteiger partial charge in [0.05, 0.1) is 11.5 Å². The third-order valence-electron chi connectivity index (χ3n) is 4.24. The van der Waals surface area contributed by atoms with Gasteiger partial charge in [0.25, 0.3) is 5.91 Å². The molecule has 1 aromatic heterocycles. The first kappa shape index (κ1) is 17.0. The molecule has 1 aliphatic heterocycles. The Labute approximate surface area is 147 Å². The molecule has 0 saturated carbocycles. The lowest BCUT2D eigenvalue weighted by molar-refractivity contribution is 0.0766. The monoisotopic (exact) mass is 344 g/mol. The Kier molecular flexibility index (Phi) is 6.26. The largest absolute Gasteiger partial charge is 0.494 e. The number of carbonyl (C=O) groups is 1. The van der Waals surface area contributed by atoms with Gasteiger partial charge < -0.3 is 14.5 Å². The Balaban J connectivity index is 1.38. The molecule has 5 heteroatoms. The van der Waals surface area contributed by atoms with Crippen molar-refractivity contribution in [2.75, 3.05) is 39.3 Å². The maximum atomic E-state index is 12.4. The molecule has 0 aliphatic carbocycles. The highest BCUT2D eigenvalue weighted by Crippen LogP contribution is 2.14. The second-order valence-electron chi connectivity index (χ2n) is 5.98. The molecule has 0 unspecified atom stereocenters. The highest BCUT2D eigenvalue weighted by atomic mass is 32.1. The van der Waals surface area contributed by atoms with E-state index in [1.807, 2.05) is 52.7 Å². The fourth-order valence-electron chi connectivity index (χ4n) is 2.95. The molecule has 1 saturated heterocycles. The second kappa shape index (κ2) is 8.85. The van der Waals surface area contributed by atoms with Crippen molar-refractivity contribution in [2.45, 2.75) is 12.8 Å². The quantitative estimate of drug-likeness (QED) is 0.753. The Morgan fingerprint density at radius 3 is 2.71 bits per heavy atom. The van der Waals surface area contributed by atoms with Gasteiger partial charge in [0.2, 0.25) is 0 Å². The van der Waals surface area contributed by atoms with E-state index >= 15 is 0 Å². The van der Waals surface area contributed by atoms with Crippen LogP contribution in [0.15, 0.2) is 47.8 Å². The molecule has 0 radical (unpaired) electrons. The summed E-state index contributed by atoms with van der Waals surface area (Å²) >= 11 is 1.53. The molecule has 2 aromatic rings. The van der Waals surface area contributed by atoms with Gasteiger partial charge in [-0.1, -0.05) is 24.3 Å². The molecular weight excluding hydrogens is 320 g/mol. The molecule has 2 heterocycles. The molecule has 0 atom stereocenters. The van der Waals surface area contributed by atoms with Crippen LogP contribution in [0.25, 0.3) is 0 Å². The maximum Gasteiger partial charge on any atom is 0.263 e. The molecule has 4 nitrogen and oxygen atoms in total. The molecule has 1 fully saturated rings. The molecule has 3 rings (SSSR count). The predicted molar refractivity (Wildman–Crippen MR) is 97.8 cm³/mol. The van der Waals surface area contributed by atoms with Crippen LogP contribution in [0.3, 0.4) is 0 Å². The summed E-state index contributed by atoms with van der Waals surface area (Å²) in [6, 6.07) is 13.8. The number of thiophene rings is 1. The van der Waals surface area contributed by atoms with Crippen LogP contribution in [0.4, 0.5) is 0 Å². The molecule has 1 aromatic carbocycles. The van der Waals surface area contributed by atoms with Crippen LogP contribution in [0.2, 0.25) is 0 Å². The fourth-order valence-corrected chi connectivity index (χ4v) is 3.64. The molecule has 1 amide bonds. The molecular formula is C19H24N2O2S. The fraction of sp³-hybridized carbons (Fsp3) is 0.421. The Hall–Kier alpha value is -1.85. The summed E-state index contributed by atoms with van der Waals surface area (Å²) in [6.45, 7) is 5.43. The first-order chi connectivity index (χ1) is 11.8. The SMILES string of the molecule is O=C(c1cccs1)N1CCCN(CCCOc2ccccc2)CC1. The number of benzene rings is 1. The lowest BCUT2D eigenvalue weighted by Crippen LogP contribution is -2.35. The van der Waals surface area contributed by atoms with Gasteiger partial charge in [-0.05, 0) is 43.0 Å². The summed E-state index contributed by atoms with van der Waals surface area (Å²) in [6.07, 6.45) is 2.05. The minimum Gasteiger partial charge on any atom is -0.494 e. The number of ether oxygens (including phenoxy) is 1. The molecule has 0 spiro atoms. The van der Waals surface area contributed by atoms with E-state index in [4.69, 9.17) is 4.74 Å². The van der Waals surface area contributed by atoms with Crippen molar-refractivity contribution in [3.63, 3.8) is 0 Å². The predicted octanol–water partition coefficient (Wildman–Crippen LogP) is 3.37. The number of hydrogen-bond donors (Lipinski definition) is 0. The number of amides is 1. The molecule has 0 N–H and O–H groups in total. The smallest absolute Gasteiger partial charge is 0.263 e. The van der Waals surface area contributed by atoms with E-state index in [2.05, 4.69) is 4.90 Å². The van der Waals surface area contributed by atoms with Gasteiger partial charge in [-0.3, -0.25) is 4.79 Å². The zero-order chi connectivity index (χ0) is 16.6. The van der Waals surface area contributed by atoms with Crippen LogP contribution < -0.4 is 4.74 Å². The number of para-hydroxylation sites is 1. The van der Waals surface area contributed by atoms with Gasteiger partial charge in [0.1, 0.15) is 5.75 Å². The van der Waals surface area contributed by atoms with Crippen LogP contribution in [-0.4, -0.2) is 55.0 Å². The Bertz CT molecular complexity index is 616. The van der Waals surface area contributed by atoms with Crippen molar-refractivity contribution >= 4 is 17.2 Å². The third-order valence-corrected chi connectivity index (χ3v) is 5.10. The van der Waals surface area contributed by atoms with Crippen molar-refractivity contribution < 1.29 is 9.53 Å². The highest BCUT2D eigenvalue weighted by Gasteiger charge is 2.20. The minimum atomic E-state index is 0.180. The molecule has 0 bridgehead atoms. The summed E-state index contributed by atoms with van der Waals surface area (Å²) in [7, 11) is 0. The summed E-state index contributed by atoms with van der Waals surface area (Å²) in [4.78, 5) is 17.7. The van der Waals surface area contributed by atoms with Crippen molar-refractivity contribution in [1.29, 1.82) is 0 Å². The third kappa shape index (κ3) is 4.82. The van der Waals surface area contributed by atoms with Gasteiger partial charge in [-0.15, -0.1) is 11.3 Å². The van der Waals surface area contributed by atoms with Crippen LogP contribution in [-0.2, 0) is 0 Å². The summed E-state index contributed by atoms with van der Waals surface area (Å²) in [5.74, 6) is 1.11. The van der Waals surface area contributed by atoms with E-state index in [1.165, 1.54) is 11.3 Å². The van der Waals surface area contributed by atoms with Crippen molar-refractivity contribution in [1.82, 2.24) is 9.80 Å². The molecule has 1 aliphatic rings. The minimum absolute atomic E-state index is 0.180. The molecule has 24 heavy (non-hydrogen) atoms. The zero-order valence-corrected chi connectivity index (χ0v) is 14.7. The van der Waals surface area contributed by atoms with Gasteiger partial charge in [0, 0.05) is 26.2 Å². The summed E-state index contributed by atoms with van der Waals surface area (Å²) < 4.78 is 5.75. The topological polar surface area (TPSA) is 32.8 Å². The van der Waals surface area contributed by atoms with Gasteiger partial charge in [-0.25, -0.2) is 0 Å². The average Bonchev–Trinajstić information content (AvgIpc) is 3.05. The first-order valence-corrected chi connectivity index (χ1v) is 9.44. The van der Waals surface area contributed by atoms with Crippen LogP contribution >= 0.6 is 11.3 Å². The van der Waals surface area contributed by atoms with E-state index in [0.717, 1.165) is 62.8 Å². The van der Waals surface area contributed by atoms with Crippen LogP contribution in [0.1, 0.15) is 22.5 Å². The highest BCUT2D eigenvalue weighted by molar-refractivity contribution is 7.12. The number of carbonyl (C=O) groups excluding carboxylic acids is 1. The van der Waals surface area contributed by atoms with Gasteiger partial charge in [-0.2, -0.15) is 0 Å². The zero-order valence-electron chi connectivity index (χ0n) is 13.9. The van der Waals surface area contributed by atoms with Crippen molar-refractivity contribution in [2.24, 2.45) is 0 Å². The van der Waals surface area contributed by atoms with Crippen molar-refractivity contribution in [3.05, 3.63) is 52.7 Å². The van der Waals surface area contributed by atoms with Crippen LogP contribution in [0.5, 0.6) is 5.75 Å². The lowest BCUT2D eigenvalue weighted by atomic mass is 10.3. The van der Waals surface area contributed by atoms with E-state index in [0.29, 0.717) is 0 Å². The van der Waals surface area contributed by atoms with Crippen LogP contribution in [0, 0.1) is 0 Å². The number of rotatable bonds is 6. The normalized spacial score (nSPS) is 15.9. The number of hydrogen-bond acceptors (Lipinski definition) is 4. The Morgan fingerprint density at radius 2 is 1.92 bits per heavy atom. The number of nitrogens with zero attached hydrogens (tertiary/aromatic N) is 2. The maximum absolute atomic E-state index is 12.4. The van der Waals surface area contributed by atoms with Gasteiger partial charge >= 0.3 is 0 Å². The van der Waals surface area contributed by atoms with Crippen molar-refractivity contribution in [3.8, 4) is 5.75 Å². The Morgan fingerprint density at radius 1 is 1.04 bits per heavy atom. The summed E-state index contributed by atoms with van der Waals surface area (Å²) in [5, 5.41) is 1.96. The first-order valence-electron chi connectivity index (χ1n) is 8.56. The average molecular weight is 344 g/mol. The summed E-state index contributed by atoms with van der Waals surface area (Å²) in [5.41, 5.74) is 0. The second-order valence-corrected chi connectivity index (χ2v) is 6.93. The van der Waals surface area contributed by atoms with E-state index in [1.54, 1.807) is 0 Å². The van der Waals surface area contributed by atoms with E-state index in [9.17, 15) is 4.79 Å². The van der Waals surface area contributed by atoms with E-state index in [-0.39, 0.29) is 5.91 Å². The van der Waals surface area contributed by atoms with E-state index < -0.39 is 0 Å². The standard InChI is InChI=1S/C19H24N2O2S/c22-19(18-9-4-16-24-18)21-12-5-10-20(13-14-21)11-6-15-23-17-7-2-1-3-8-17/h1-4,7-9,16H,5-6,10-15H2.